The maximum atomic E-state index is 12.4. The maximum absolute atomic E-state index is 12.4. The summed E-state index contributed by atoms with van der Waals surface area (Å²) in [5.74, 6) is 0.527. The number of carbonyl (C=O) groups excluding carboxylic acids is 2. The van der Waals surface area contributed by atoms with Crippen molar-refractivity contribution < 1.29 is 9.59 Å². The third-order valence-corrected chi connectivity index (χ3v) is 4.77. The fourth-order valence-corrected chi connectivity index (χ4v) is 2.91. The van der Waals surface area contributed by atoms with Crippen LogP contribution in [0.1, 0.15) is 21.6 Å². The van der Waals surface area contributed by atoms with Crippen molar-refractivity contribution >= 4 is 17.8 Å². The molecule has 0 atom stereocenters. The van der Waals surface area contributed by atoms with Crippen LogP contribution < -0.4 is 10.6 Å². The Balaban J connectivity index is 1.74. The van der Waals surface area contributed by atoms with Gasteiger partial charge in [-0.05, 0) is 36.2 Å². The third kappa shape index (κ3) is 8.08. The number of pyridine rings is 1. The molecule has 1 aromatic heterocycles. The van der Waals surface area contributed by atoms with E-state index >= 15 is 0 Å². The van der Waals surface area contributed by atoms with E-state index in [9.17, 15) is 9.59 Å². The monoisotopic (exact) mass is 424 g/mol. The zero-order valence-corrected chi connectivity index (χ0v) is 18.8. The van der Waals surface area contributed by atoms with Gasteiger partial charge in [0, 0.05) is 65.2 Å². The van der Waals surface area contributed by atoms with Gasteiger partial charge in [-0.2, -0.15) is 0 Å². The zero-order valence-electron chi connectivity index (χ0n) is 18.8. The molecular weight excluding hydrogens is 392 g/mol. The normalized spacial score (nSPS) is 11.0. The number of hydrogen-bond acceptors (Lipinski definition) is 4. The molecule has 2 amide bonds. The Morgan fingerprint density at radius 3 is 2.52 bits per heavy atom. The zero-order chi connectivity index (χ0) is 22.6. The Labute approximate surface area is 184 Å². The Morgan fingerprint density at radius 1 is 1.03 bits per heavy atom. The molecule has 166 valence electrons. The first kappa shape index (κ1) is 23.9. The molecule has 0 aliphatic rings. The number of aromatic nitrogens is 1. The second kappa shape index (κ2) is 12.3. The van der Waals surface area contributed by atoms with E-state index in [1.54, 1.807) is 44.2 Å². The van der Waals surface area contributed by atoms with Crippen LogP contribution in [0.2, 0.25) is 0 Å². The number of carbonyl (C=O) groups is 2. The summed E-state index contributed by atoms with van der Waals surface area (Å²) < 4.78 is 0. The molecule has 0 unspecified atom stereocenters. The molecule has 2 N–H and O–H groups in total. The molecule has 0 radical (unpaired) electrons. The van der Waals surface area contributed by atoms with Gasteiger partial charge in [0.2, 0.25) is 5.91 Å². The van der Waals surface area contributed by atoms with Crippen LogP contribution in [0.15, 0.2) is 53.7 Å². The summed E-state index contributed by atoms with van der Waals surface area (Å²) in [6.45, 7) is 1.39. The topological polar surface area (TPSA) is 89.9 Å². The van der Waals surface area contributed by atoms with Gasteiger partial charge in [0.15, 0.2) is 5.96 Å². The number of likely N-dealkylation sites (N-methyl/N-ethyl adjacent to an activating group) is 1. The van der Waals surface area contributed by atoms with Crippen molar-refractivity contribution in [2.75, 3.05) is 47.8 Å². The fourth-order valence-electron chi connectivity index (χ4n) is 2.91. The van der Waals surface area contributed by atoms with E-state index in [-0.39, 0.29) is 18.4 Å². The van der Waals surface area contributed by atoms with Crippen LogP contribution >= 0.6 is 0 Å². The quantitative estimate of drug-likeness (QED) is 0.466. The van der Waals surface area contributed by atoms with Crippen molar-refractivity contribution in [3.63, 3.8) is 0 Å². The number of benzene rings is 1. The fraction of sp³-hybridized carbons (Fsp3) is 0.391. The van der Waals surface area contributed by atoms with Gasteiger partial charge in [-0.3, -0.25) is 19.6 Å². The lowest BCUT2D eigenvalue weighted by Crippen LogP contribution is -2.44. The number of amides is 2. The van der Waals surface area contributed by atoms with Gasteiger partial charge in [0.1, 0.15) is 0 Å². The molecule has 0 bridgehead atoms. The third-order valence-electron chi connectivity index (χ3n) is 4.77. The van der Waals surface area contributed by atoms with E-state index in [0.717, 1.165) is 17.7 Å². The number of nitrogens with zero attached hydrogens (tertiary/aromatic N) is 4. The average Bonchev–Trinajstić information content (AvgIpc) is 2.79. The molecule has 0 fully saturated rings. The van der Waals surface area contributed by atoms with Crippen molar-refractivity contribution in [1.82, 2.24) is 25.4 Å². The number of aliphatic imine (C=N–C) groups is 1. The molecule has 2 aromatic rings. The van der Waals surface area contributed by atoms with Gasteiger partial charge in [0.25, 0.3) is 5.91 Å². The minimum Gasteiger partial charge on any atom is -0.356 e. The van der Waals surface area contributed by atoms with E-state index in [0.29, 0.717) is 31.0 Å². The van der Waals surface area contributed by atoms with Crippen molar-refractivity contribution in [3.05, 3.63) is 65.5 Å². The highest BCUT2D eigenvalue weighted by Crippen LogP contribution is 2.07. The first-order valence-electron chi connectivity index (χ1n) is 10.3. The summed E-state index contributed by atoms with van der Waals surface area (Å²) in [6.07, 6.45) is 3.20. The Morgan fingerprint density at radius 2 is 1.84 bits per heavy atom. The van der Waals surface area contributed by atoms with Crippen LogP contribution in [0.3, 0.4) is 0 Å². The second-order valence-electron chi connectivity index (χ2n) is 7.39. The lowest BCUT2D eigenvalue weighted by Gasteiger charge is -2.18. The molecule has 1 heterocycles. The van der Waals surface area contributed by atoms with E-state index in [1.807, 2.05) is 42.5 Å². The molecule has 0 saturated heterocycles. The van der Waals surface area contributed by atoms with Crippen LogP contribution in [-0.2, 0) is 17.6 Å². The van der Waals surface area contributed by atoms with Gasteiger partial charge < -0.3 is 20.4 Å². The highest BCUT2D eigenvalue weighted by molar-refractivity contribution is 5.94. The van der Waals surface area contributed by atoms with Crippen molar-refractivity contribution in [2.24, 2.45) is 4.99 Å². The van der Waals surface area contributed by atoms with Gasteiger partial charge >= 0.3 is 0 Å². The van der Waals surface area contributed by atoms with E-state index in [1.165, 1.54) is 0 Å². The standard InChI is InChI=1S/C23H32N6O2/c1-24-23(26-14-11-18-8-7-9-19(16-18)22(31)28(2)3)27-17-21(30)29(4)15-12-20-10-5-6-13-25-20/h5-10,13,16H,11-12,14-15,17H2,1-4H3,(H2,24,26,27). The van der Waals surface area contributed by atoms with Crippen molar-refractivity contribution in [1.29, 1.82) is 0 Å². The molecule has 0 spiro atoms. The van der Waals surface area contributed by atoms with Crippen LogP contribution in [0.4, 0.5) is 0 Å². The minimum absolute atomic E-state index is 0.0158. The summed E-state index contributed by atoms with van der Waals surface area (Å²) in [5.41, 5.74) is 2.69. The molecule has 0 aliphatic carbocycles. The average molecular weight is 425 g/mol. The summed E-state index contributed by atoms with van der Waals surface area (Å²) in [4.78, 5) is 36.1. The lowest BCUT2D eigenvalue weighted by atomic mass is 10.1. The van der Waals surface area contributed by atoms with E-state index in [4.69, 9.17) is 0 Å². The van der Waals surface area contributed by atoms with Crippen molar-refractivity contribution in [3.8, 4) is 0 Å². The predicted molar refractivity (Wildman–Crippen MR) is 123 cm³/mol. The molecule has 8 nitrogen and oxygen atoms in total. The van der Waals surface area contributed by atoms with Crippen LogP contribution in [0.5, 0.6) is 0 Å². The SMILES string of the molecule is CN=C(NCCc1cccc(C(=O)N(C)C)c1)NCC(=O)N(C)CCc1ccccn1. The number of guanidine groups is 1. The highest BCUT2D eigenvalue weighted by Gasteiger charge is 2.11. The van der Waals surface area contributed by atoms with Crippen LogP contribution in [0, 0.1) is 0 Å². The summed E-state index contributed by atoms with van der Waals surface area (Å²) >= 11 is 0. The molecule has 0 saturated carbocycles. The minimum atomic E-state index is -0.0196. The molecular formula is C23H32N6O2. The Hall–Kier alpha value is -3.42. The van der Waals surface area contributed by atoms with Crippen LogP contribution in [-0.4, -0.2) is 80.4 Å². The summed E-state index contributed by atoms with van der Waals surface area (Å²) in [5, 5.41) is 6.25. The van der Waals surface area contributed by atoms with Crippen LogP contribution in [0.25, 0.3) is 0 Å². The molecule has 0 aliphatic heterocycles. The van der Waals surface area contributed by atoms with Crippen molar-refractivity contribution in [2.45, 2.75) is 12.8 Å². The summed E-state index contributed by atoms with van der Waals surface area (Å²) in [6, 6.07) is 13.4. The Kier molecular flexibility index (Phi) is 9.48. The Bertz CT molecular complexity index is 883. The molecule has 1 aromatic carbocycles. The number of rotatable bonds is 9. The number of hydrogen-bond donors (Lipinski definition) is 2. The smallest absolute Gasteiger partial charge is 0.253 e. The highest BCUT2D eigenvalue weighted by atomic mass is 16.2. The van der Waals surface area contributed by atoms with Gasteiger partial charge in [-0.15, -0.1) is 0 Å². The first-order chi connectivity index (χ1) is 14.9. The maximum Gasteiger partial charge on any atom is 0.253 e. The van der Waals surface area contributed by atoms with Gasteiger partial charge in [-0.1, -0.05) is 18.2 Å². The first-order valence-corrected chi connectivity index (χ1v) is 10.3. The lowest BCUT2D eigenvalue weighted by molar-refractivity contribution is -0.128. The molecule has 2 rings (SSSR count). The van der Waals surface area contributed by atoms with Gasteiger partial charge in [0.05, 0.1) is 6.54 Å². The molecule has 8 heteroatoms. The van der Waals surface area contributed by atoms with E-state index in [2.05, 4.69) is 20.6 Å². The van der Waals surface area contributed by atoms with Gasteiger partial charge in [-0.25, -0.2) is 0 Å². The largest absolute Gasteiger partial charge is 0.356 e. The molecule has 31 heavy (non-hydrogen) atoms. The predicted octanol–water partition coefficient (Wildman–Crippen LogP) is 1.19. The summed E-state index contributed by atoms with van der Waals surface area (Å²) in [7, 11) is 6.93. The second-order valence-corrected chi connectivity index (χ2v) is 7.39. The van der Waals surface area contributed by atoms with E-state index < -0.39 is 0 Å². The number of nitrogens with one attached hydrogen (secondary N) is 2.